The van der Waals surface area contributed by atoms with Gasteiger partial charge in [-0.05, 0) is 25.5 Å². The molecule has 0 aromatic carbocycles. The van der Waals surface area contributed by atoms with E-state index in [2.05, 4.69) is 5.32 Å². The van der Waals surface area contributed by atoms with Gasteiger partial charge in [0.05, 0.1) is 0 Å². The first-order valence-electron chi connectivity index (χ1n) is 4.68. The minimum Gasteiger partial charge on any atom is -0.396 e. The molecule has 1 unspecified atom stereocenters. The molecule has 0 aliphatic heterocycles. The number of thioether (sulfide) groups is 1. The van der Waals surface area contributed by atoms with Crippen LogP contribution in [0.5, 0.6) is 0 Å². The lowest BCUT2D eigenvalue weighted by atomic mass is 10.2. The summed E-state index contributed by atoms with van der Waals surface area (Å²) in [5.74, 6) is 1.33. The van der Waals surface area contributed by atoms with Crippen LogP contribution in [0.25, 0.3) is 0 Å². The molecule has 76 valence electrons. The van der Waals surface area contributed by atoms with Crippen molar-refractivity contribution >= 4 is 17.7 Å². The fourth-order valence-electron chi connectivity index (χ4n) is 1.22. The van der Waals surface area contributed by atoms with E-state index in [1.807, 2.05) is 6.26 Å². The quantitative estimate of drug-likeness (QED) is 0.665. The monoisotopic (exact) mass is 203 g/mol. The van der Waals surface area contributed by atoms with Crippen molar-refractivity contribution in [3.05, 3.63) is 0 Å². The molecule has 0 aromatic heterocycles. The summed E-state index contributed by atoms with van der Waals surface area (Å²) in [6, 6.07) is 0.146. The predicted molar refractivity (Wildman–Crippen MR) is 54.7 cm³/mol. The molecule has 0 bridgehead atoms. The van der Waals surface area contributed by atoms with Gasteiger partial charge in [0.25, 0.3) is 0 Å². The second-order valence-corrected chi connectivity index (χ2v) is 4.36. The lowest BCUT2D eigenvalue weighted by Gasteiger charge is -2.16. The number of hydrogen-bond donors (Lipinski definition) is 2. The third-order valence-electron chi connectivity index (χ3n) is 2.14. The average Bonchev–Trinajstić information content (AvgIpc) is 2.87. The maximum atomic E-state index is 11.4. The summed E-state index contributed by atoms with van der Waals surface area (Å²) in [6.07, 6.45) is 4.75. The van der Waals surface area contributed by atoms with Gasteiger partial charge in [-0.1, -0.05) is 0 Å². The molecule has 0 heterocycles. The molecule has 1 saturated carbocycles. The zero-order chi connectivity index (χ0) is 9.68. The molecule has 1 atom stereocenters. The van der Waals surface area contributed by atoms with Gasteiger partial charge < -0.3 is 10.4 Å². The van der Waals surface area contributed by atoms with Gasteiger partial charge in [0.2, 0.25) is 5.91 Å². The van der Waals surface area contributed by atoms with Crippen molar-refractivity contribution in [1.29, 1.82) is 0 Å². The van der Waals surface area contributed by atoms with E-state index in [4.69, 9.17) is 5.11 Å². The molecule has 3 nitrogen and oxygen atoms in total. The second kappa shape index (κ2) is 5.50. The van der Waals surface area contributed by atoms with Crippen molar-refractivity contribution in [3.63, 3.8) is 0 Å². The minimum absolute atomic E-state index is 0.146. The number of nitrogens with one attached hydrogen (secondary N) is 1. The smallest absolute Gasteiger partial charge is 0.223 e. The van der Waals surface area contributed by atoms with E-state index in [0.29, 0.717) is 6.42 Å². The number of aliphatic hydroxyl groups is 1. The normalized spacial score (nSPS) is 18.3. The first-order valence-corrected chi connectivity index (χ1v) is 6.07. The van der Waals surface area contributed by atoms with Crippen molar-refractivity contribution in [1.82, 2.24) is 5.32 Å². The fourth-order valence-corrected chi connectivity index (χ4v) is 1.87. The Kier molecular flexibility index (Phi) is 4.59. The van der Waals surface area contributed by atoms with E-state index in [1.54, 1.807) is 11.8 Å². The Morgan fingerprint density at radius 3 is 2.85 bits per heavy atom. The van der Waals surface area contributed by atoms with E-state index >= 15 is 0 Å². The van der Waals surface area contributed by atoms with Crippen LogP contribution in [0.1, 0.15) is 19.3 Å². The van der Waals surface area contributed by atoms with Crippen LogP contribution in [0.15, 0.2) is 0 Å². The Labute approximate surface area is 83.3 Å². The Bertz CT molecular complexity index is 165. The summed E-state index contributed by atoms with van der Waals surface area (Å²) in [4.78, 5) is 11.4. The van der Waals surface area contributed by atoms with E-state index < -0.39 is 0 Å². The molecule has 0 spiro atoms. The van der Waals surface area contributed by atoms with Crippen molar-refractivity contribution < 1.29 is 9.90 Å². The first kappa shape index (κ1) is 10.9. The van der Waals surface area contributed by atoms with Gasteiger partial charge in [0.15, 0.2) is 0 Å². The average molecular weight is 203 g/mol. The van der Waals surface area contributed by atoms with E-state index in [0.717, 1.165) is 18.6 Å². The van der Waals surface area contributed by atoms with Gasteiger partial charge in [-0.25, -0.2) is 0 Å². The third kappa shape index (κ3) is 4.00. The van der Waals surface area contributed by atoms with E-state index in [9.17, 15) is 4.79 Å². The van der Waals surface area contributed by atoms with Crippen LogP contribution in [0.2, 0.25) is 0 Å². The van der Waals surface area contributed by atoms with Gasteiger partial charge in [-0.2, -0.15) is 11.8 Å². The molecule has 2 N–H and O–H groups in total. The molecule has 1 aliphatic rings. The molecule has 4 heteroatoms. The number of rotatable bonds is 6. The molecule has 0 aromatic rings. The van der Waals surface area contributed by atoms with E-state index in [-0.39, 0.29) is 24.5 Å². The highest BCUT2D eigenvalue weighted by Gasteiger charge is 2.30. The fraction of sp³-hybridized carbons (Fsp3) is 0.889. The van der Waals surface area contributed by atoms with Crippen molar-refractivity contribution in [2.45, 2.75) is 25.3 Å². The highest BCUT2D eigenvalue weighted by molar-refractivity contribution is 7.98. The van der Waals surface area contributed by atoms with Crippen LogP contribution in [-0.2, 0) is 4.79 Å². The first-order chi connectivity index (χ1) is 6.27. The van der Waals surface area contributed by atoms with Crippen LogP contribution in [0.4, 0.5) is 0 Å². The van der Waals surface area contributed by atoms with Crippen LogP contribution in [0, 0.1) is 5.92 Å². The lowest BCUT2D eigenvalue weighted by Crippen LogP contribution is -2.38. The summed E-state index contributed by atoms with van der Waals surface area (Å²) in [5, 5.41) is 11.7. The number of carbonyl (C=O) groups is 1. The summed E-state index contributed by atoms with van der Waals surface area (Å²) >= 11 is 1.70. The van der Waals surface area contributed by atoms with Gasteiger partial charge in [0, 0.05) is 24.3 Å². The maximum Gasteiger partial charge on any atom is 0.223 e. The predicted octanol–water partition coefficient (Wildman–Crippen LogP) is 0.627. The molecule has 0 radical (unpaired) electrons. The van der Waals surface area contributed by atoms with Gasteiger partial charge in [-0.15, -0.1) is 0 Å². The van der Waals surface area contributed by atoms with Crippen molar-refractivity contribution in [3.8, 4) is 0 Å². The Morgan fingerprint density at radius 2 is 2.38 bits per heavy atom. The van der Waals surface area contributed by atoms with Crippen LogP contribution < -0.4 is 5.32 Å². The van der Waals surface area contributed by atoms with Crippen LogP contribution in [0.3, 0.4) is 0 Å². The number of carbonyl (C=O) groups excluding carboxylic acids is 1. The van der Waals surface area contributed by atoms with Gasteiger partial charge >= 0.3 is 0 Å². The number of aliphatic hydroxyl groups excluding tert-OH is 1. The zero-order valence-electron chi connectivity index (χ0n) is 7.95. The molecule has 13 heavy (non-hydrogen) atoms. The SMILES string of the molecule is CSCC(CCO)NC(=O)C1CC1. The van der Waals surface area contributed by atoms with Crippen molar-refractivity contribution in [2.24, 2.45) is 5.92 Å². The summed E-state index contributed by atoms with van der Waals surface area (Å²) < 4.78 is 0. The minimum atomic E-state index is 0.146. The lowest BCUT2D eigenvalue weighted by molar-refractivity contribution is -0.122. The highest BCUT2D eigenvalue weighted by Crippen LogP contribution is 2.29. The topological polar surface area (TPSA) is 49.3 Å². The molecule has 1 rings (SSSR count). The zero-order valence-corrected chi connectivity index (χ0v) is 8.77. The Morgan fingerprint density at radius 1 is 1.69 bits per heavy atom. The van der Waals surface area contributed by atoms with Gasteiger partial charge in [-0.3, -0.25) is 4.79 Å². The highest BCUT2D eigenvalue weighted by atomic mass is 32.2. The van der Waals surface area contributed by atoms with Gasteiger partial charge in [0.1, 0.15) is 0 Å². The largest absolute Gasteiger partial charge is 0.396 e. The molecule has 1 amide bonds. The van der Waals surface area contributed by atoms with Crippen molar-refractivity contribution in [2.75, 3.05) is 18.6 Å². The molecular formula is C9H17NO2S. The summed E-state index contributed by atoms with van der Waals surface area (Å²) in [7, 11) is 0. The summed E-state index contributed by atoms with van der Waals surface area (Å²) in [5.41, 5.74) is 0. The Balaban J connectivity index is 2.22. The van der Waals surface area contributed by atoms with Crippen LogP contribution >= 0.6 is 11.8 Å². The maximum absolute atomic E-state index is 11.4. The Hall–Kier alpha value is -0.220. The number of hydrogen-bond acceptors (Lipinski definition) is 3. The molecule has 1 aliphatic carbocycles. The molecular weight excluding hydrogens is 186 g/mol. The van der Waals surface area contributed by atoms with E-state index in [1.165, 1.54) is 0 Å². The second-order valence-electron chi connectivity index (χ2n) is 3.45. The summed E-state index contributed by atoms with van der Waals surface area (Å²) in [6.45, 7) is 0.149. The standard InChI is InChI=1S/C9H17NO2S/c1-13-6-8(4-5-11)10-9(12)7-2-3-7/h7-8,11H,2-6H2,1H3,(H,10,12). The number of amides is 1. The molecule has 0 saturated heterocycles. The third-order valence-corrected chi connectivity index (χ3v) is 2.88. The van der Waals surface area contributed by atoms with Crippen LogP contribution in [-0.4, -0.2) is 35.7 Å². The molecule has 1 fully saturated rings.